The molecule has 13 heavy (non-hydrogen) atoms. The summed E-state index contributed by atoms with van der Waals surface area (Å²) >= 11 is 0. The molecule has 5 nitrogen and oxygen atoms in total. The van der Waals surface area contributed by atoms with E-state index in [0.29, 0.717) is 6.04 Å². The number of hydrogen-bond donors (Lipinski definition) is 1. The van der Waals surface area contributed by atoms with Crippen molar-refractivity contribution < 1.29 is 0 Å². The summed E-state index contributed by atoms with van der Waals surface area (Å²) in [6.45, 7) is 3.09. The van der Waals surface area contributed by atoms with Crippen LogP contribution in [0.5, 0.6) is 0 Å². The maximum absolute atomic E-state index is 4.14. The zero-order valence-electron chi connectivity index (χ0n) is 8.06. The fourth-order valence-electron chi connectivity index (χ4n) is 1.54. The predicted molar refractivity (Wildman–Crippen MR) is 49.1 cm³/mol. The molecule has 1 aliphatic rings. The minimum atomic E-state index is 0.627. The van der Waals surface area contributed by atoms with Gasteiger partial charge in [0.15, 0.2) is 0 Å². The number of nitrogens with one attached hydrogen (secondary N) is 1. The molecule has 0 saturated carbocycles. The van der Waals surface area contributed by atoms with Crippen LogP contribution in [0.4, 0.5) is 0 Å². The van der Waals surface area contributed by atoms with Gasteiger partial charge in [-0.15, -0.1) is 0 Å². The van der Waals surface area contributed by atoms with E-state index in [1.165, 1.54) is 0 Å². The summed E-state index contributed by atoms with van der Waals surface area (Å²) in [5.74, 6) is 0.995. The molecular weight excluding hydrogens is 166 g/mol. The molecule has 1 aliphatic heterocycles. The van der Waals surface area contributed by atoms with E-state index in [2.05, 4.69) is 27.3 Å². The fraction of sp³-hybridized carbons (Fsp3) is 0.750. The van der Waals surface area contributed by atoms with Gasteiger partial charge < -0.3 is 10.2 Å². The molecule has 1 N–H and O–H groups in total. The van der Waals surface area contributed by atoms with Gasteiger partial charge in [-0.05, 0) is 7.05 Å². The molecule has 1 aromatic heterocycles. The lowest BCUT2D eigenvalue weighted by molar-refractivity contribution is 0.160. The van der Waals surface area contributed by atoms with E-state index in [1.807, 2.05) is 7.05 Å². The van der Waals surface area contributed by atoms with Crippen LogP contribution in [0, 0.1) is 0 Å². The van der Waals surface area contributed by atoms with E-state index < -0.39 is 0 Å². The summed E-state index contributed by atoms with van der Waals surface area (Å²) < 4.78 is 1.80. The average molecular weight is 181 g/mol. The number of likely N-dealkylation sites (tertiary alicyclic amines) is 1. The van der Waals surface area contributed by atoms with Crippen molar-refractivity contribution in [3.63, 3.8) is 0 Å². The molecule has 2 rings (SSSR count). The lowest BCUT2D eigenvalue weighted by atomic mass is 10.1. The second-order valence-corrected chi connectivity index (χ2v) is 3.60. The quantitative estimate of drug-likeness (QED) is 0.664. The Morgan fingerprint density at radius 1 is 1.54 bits per heavy atom. The number of rotatable bonds is 3. The SMILES string of the molecule is CN1CC(NCc2ncnn2C)C1. The molecule has 0 unspecified atom stereocenters. The molecule has 1 aromatic rings. The van der Waals surface area contributed by atoms with Crippen LogP contribution in [0.25, 0.3) is 0 Å². The molecule has 0 amide bonds. The van der Waals surface area contributed by atoms with E-state index in [4.69, 9.17) is 0 Å². The Bertz CT molecular complexity index is 276. The van der Waals surface area contributed by atoms with E-state index in [1.54, 1.807) is 11.0 Å². The summed E-state index contributed by atoms with van der Waals surface area (Å²) in [4.78, 5) is 6.43. The van der Waals surface area contributed by atoms with E-state index in [9.17, 15) is 0 Å². The zero-order valence-corrected chi connectivity index (χ0v) is 8.06. The minimum Gasteiger partial charge on any atom is -0.304 e. The Kier molecular flexibility index (Phi) is 2.28. The number of likely N-dealkylation sites (N-methyl/N-ethyl adjacent to an activating group) is 1. The van der Waals surface area contributed by atoms with Crippen molar-refractivity contribution in [3.8, 4) is 0 Å². The number of hydrogen-bond acceptors (Lipinski definition) is 4. The summed E-state index contributed by atoms with van der Waals surface area (Å²) in [5.41, 5.74) is 0. The van der Waals surface area contributed by atoms with Gasteiger partial charge in [0.05, 0.1) is 6.54 Å². The van der Waals surface area contributed by atoms with Gasteiger partial charge in [-0.3, -0.25) is 4.68 Å². The predicted octanol–water partition coefficient (Wildman–Crippen LogP) is -0.781. The van der Waals surface area contributed by atoms with Gasteiger partial charge in [-0.25, -0.2) is 4.98 Å². The maximum Gasteiger partial charge on any atom is 0.140 e. The fourth-order valence-corrected chi connectivity index (χ4v) is 1.54. The Hall–Kier alpha value is -0.940. The van der Waals surface area contributed by atoms with E-state index in [0.717, 1.165) is 25.5 Å². The second-order valence-electron chi connectivity index (χ2n) is 3.60. The van der Waals surface area contributed by atoms with Gasteiger partial charge in [0.25, 0.3) is 0 Å². The molecule has 1 fully saturated rings. The van der Waals surface area contributed by atoms with Crippen molar-refractivity contribution in [2.45, 2.75) is 12.6 Å². The summed E-state index contributed by atoms with van der Waals surface area (Å²) in [6.07, 6.45) is 1.59. The maximum atomic E-state index is 4.14. The molecule has 2 heterocycles. The van der Waals surface area contributed by atoms with Crippen LogP contribution in [0.3, 0.4) is 0 Å². The van der Waals surface area contributed by atoms with Crippen LogP contribution < -0.4 is 5.32 Å². The Labute approximate surface area is 77.8 Å². The number of aryl methyl sites for hydroxylation is 1. The Morgan fingerprint density at radius 3 is 2.85 bits per heavy atom. The van der Waals surface area contributed by atoms with Crippen molar-refractivity contribution in [2.75, 3.05) is 20.1 Å². The monoisotopic (exact) mass is 181 g/mol. The highest BCUT2D eigenvalue weighted by atomic mass is 15.3. The standard InChI is InChI=1S/C8H15N5/c1-12-4-7(5-12)9-3-8-10-6-11-13(8)2/h6-7,9H,3-5H2,1-2H3. The van der Waals surface area contributed by atoms with Gasteiger partial charge in [0.2, 0.25) is 0 Å². The van der Waals surface area contributed by atoms with Crippen LogP contribution in [-0.4, -0.2) is 45.8 Å². The van der Waals surface area contributed by atoms with Crippen molar-refractivity contribution in [2.24, 2.45) is 7.05 Å². The molecule has 0 radical (unpaired) electrons. The third-order valence-electron chi connectivity index (χ3n) is 2.42. The topological polar surface area (TPSA) is 46.0 Å². The summed E-state index contributed by atoms with van der Waals surface area (Å²) in [7, 11) is 4.04. The molecule has 0 aliphatic carbocycles. The van der Waals surface area contributed by atoms with Crippen LogP contribution >= 0.6 is 0 Å². The van der Waals surface area contributed by atoms with E-state index in [-0.39, 0.29) is 0 Å². The van der Waals surface area contributed by atoms with Crippen LogP contribution in [-0.2, 0) is 13.6 Å². The molecule has 0 spiro atoms. The van der Waals surface area contributed by atoms with Gasteiger partial charge >= 0.3 is 0 Å². The highest BCUT2D eigenvalue weighted by Crippen LogP contribution is 2.04. The third-order valence-corrected chi connectivity index (χ3v) is 2.42. The first-order valence-corrected chi connectivity index (χ1v) is 4.50. The van der Waals surface area contributed by atoms with Gasteiger partial charge in [0.1, 0.15) is 12.2 Å². The van der Waals surface area contributed by atoms with Crippen LogP contribution in [0.1, 0.15) is 5.82 Å². The summed E-state index contributed by atoms with van der Waals surface area (Å²) in [5, 5.41) is 7.44. The molecular formula is C8H15N5. The second kappa shape index (κ2) is 3.43. The Balaban J connectivity index is 1.77. The molecule has 0 bridgehead atoms. The van der Waals surface area contributed by atoms with Crippen molar-refractivity contribution in [1.29, 1.82) is 0 Å². The lowest BCUT2D eigenvalue weighted by Gasteiger charge is -2.36. The first-order valence-electron chi connectivity index (χ1n) is 4.50. The number of aromatic nitrogens is 3. The van der Waals surface area contributed by atoms with Crippen LogP contribution in [0.2, 0.25) is 0 Å². The van der Waals surface area contributed by atoms with Crippen molar-refractivity contribution in [1.82, 2.24) is 25.0 Å². The molecule has 72 valence electrons. The first kappa shape index (κ1) is 8.65. The lowest BCUT2D eigenvalue weighted by Crippen LogP contribution is -2.55. The highest BCUT2D eigenvalue weighted by molar-refractivity contribution is 4.88. The molecule has 0 aromatic carbocycles. The van der Waals surface area contributed by atoms with Gasteiger partial charge in [0, 0.05) is 26.2 Å². The third kappa shape index (κ3) is 1.87. The Morgan fingerprint density at radius 2 is 2.31 bits per heavy atom. The van der Waals surface area contributed by atoms with Gasteiger partial charge in [-0.2, -0.15) is 5.10 Å². The average Bonchev–Trinajstić information content (AvgIpc) is 2.43. The smallest absolute Gasteiger partial charge is 0.140 e. The molecule has 0 atom stereocenters. The van der Waals surface area contributed by atoms with Gasteiger partial charge in [-0.1, -0.05) is 0 Å². The van der Waals surface area contributed by atoms with E-state index >= 15 is 0 Å². The number of nitrogens with zero attached hydrogens (tertiary/aromatic N) is 4. The van der Waals surface area contributed by atoms with Crippen molar-refractivity contribution in [3.05, 3.63) is 12.2 Å². The highest BCUT2D eigenvalue weighted by Gasteiger charge is 2.22. The first-order chi connectivity index (χ1) is 6.25. The zero-order chi connectivity index (χ0) is 9.26. The molecule has 1 saturated heterocycles. The summed E-state index contributed by atoms with van der Waals surface area (Å²) in [6, 6.07) is 0.627. The molecule has 5 heteroatoms. The van der Waals surface area contributed by atoms with Crippen LogP contribution in [0.15, 0.2) is 6.33 Å². The minimum absolute atomic E-state index is 0.627. The van der Waals surface area contributed by atoms with Crippen molar-refractivity contribution >= 4 is 0 Å². The largest absolute Gasteiger partial charge is 0.304 e. The normalized spacial score (nSPS) is 18.9.